The molecule has 7 unspecified atom stereocenters. The van der Waals surface area contributed by atoms with E-state index in [4.69, 9.17) is 9.47 Å². The van der Waals surface area contributed by atoms with Gasteiger partial charge in [-0.3, -0.25) is 4.79 Å². The third-order valence-corrected chi connectivity index (χ3v) is 14.4. The molecule has 0 bridgehead atoms. The van der Waals surface area contributed by atoms with Crippen LogP contribution in [0, 0.1) is 0 Å². The first-order valence-corrected chi connectivity index (χ1v) is 30.4. The van der Waals surface area contributed by atoms with Crippen molar-refractivity contribution >= 4 is 5.91 Å². The first-order chi connectivity index (χ1) is 34.8. The normalized spacial score (nSPS) is 19.6. The molecule has 9 heteroatoms. The van der Waals surface area contributed by atoms with E-state index in [0.717, 1.165) is 64.2 Å². The van der Waals surface area contributed by atoms with Crippen molar-refractivity contribution in [2.45, 2.75) is 326 Å². The van der Waals surface area contributed by atoms with Gasteiger partial charge in [-0.2, -0.15) is 0 Å². The predicted octanol–water partition coefficient (Wildman–Crippen LogP) is 15.3. The van der Waals surface area contributed by atoms with Gasteiger partial charge in [-0.1, -0.05) is 268 Å². The molecule has 6 N–H and O–H groups in total. The summed E-state index contributed by atoms with van der Waals surface area (Å²) < 4.78 is 11.3. The minimum Gasteiger partial charge on any atom is -0.394 e. The standard InChI is InChI=1S/C62H115NO8/c1-3-5-7-9-11-13-15-17-19-21-23-24-25-26-27-28-29-30-31-32-34-35-37-39-41-43-45-47-49-51-56(65)55(54-70-62-61(69)60(68)59(67)57(53-64)71-62)63-58(66)52-50-48-46-44-42-40-38-36-33-22-20-18-16-14-12-10-8-6-4-2/h12,14,18,20,33,36,49,51,55-57,59-62,64-65,67-69H,3-11,13,15-17,19,21-32,34-35,37-48,50,52-54H2,1-2H3,(H,63,66)/b14-12-,20-18-,36-33-,51-49+. The molecule has 1 aliphatic heterocycles. The molecule has 9 nitrogen and oxygen atoms in total. The molecule has 1 aliphatic rings. The van der Waals surface area contributed by atoms with E-state index in [1.807, 2.05) is 6.08 Å². The van der Waals surface area contributed by atoms with Crippen molar-refractivity contribution in [3.8, 4) is 0 Å². The lowest BCUT2D eigenvalue weighted by Crippen LogP contribution is -2.60. The van der Waals surface area contributed by atoms with E-state index < -0.39 is 49.5 Å². The van der Waals surface area contributed by atoms with Crippen LogP contribution in [0.4, 0.5) is 0 Å². The van der Waals surface area contributed by atoms with Gasteiger partial charge in [0.15, 0.2) is 6.29 Å². The Morgan fingerprint density at radius 1 is 0.479 bits per heavy atom. The van der Waals surface area contributed by atoms with Crippen LogP contribution in [0.1, 0.15) is 284 Å². The summed E-state index contributed by atoms with van der Waals surface area (Å²) in [5.74, 6) is -0.187. The highest BCUT2D eigenvalue weighted by molar-refractivity contribution is 5.76. The fraction of sp³-hybridized carbons (Fsp3) is 0.855. The Kier molecular flexibility index (Phi) is 48.8. The molecule has 1 rings (SSSR count). The molecule has 0 spiro atoms. The summed E-state index contributed by atoms with van der Waals surface area (Å²) in [6.45, 7) is 3.77. The summed E-state index contributed by atoms with van der Waals surface area (Å²) in [5.41, 5.74) is 0. The summed E-state index contributed by atoms with van der Waals surface area (Å²) >= 11 is 0. The van der Waals surface area contributed by atoms with E-state index in [2.05, 4.69) is 55.6 Å². The van der Waals surface area contributed by atoms with Crippen LogP contribution in [0.3, 0.4) is 0 Å². The van der Waals surface area contributed by atoms with Gasteiger partial charge in [-0.25, -0.2) is 0 Å². The topological polar surface area (TPSA) is 149 Å². The van der Waals surface area contributed by atoms with Gasteiger partial charge >= 0.3 is 0 Å². The number of carbonyl (C=O) groups excluding carboxylic acids is 1. The smallest absolute Gasteiger partial charge is 0.220 e. The number of hydrogen-bond donors (Lipinski definition) is 6. The Bertz CT molecular complexity index is 1250. The molecule has 416 valence electrons. The van der Waals surface area contributed by atoms with E-state index >= 15 is 0 Å². The molecular formula is C62H115NO8. The van der Waals surface area contributed by atoms with Gasteiger partial charge in [0, 0.05) is 6.42 Å². The molecule has 1 heterocycles. The number of aliphatic hydroxyl groups is 5. The zero-order valence-corrected chi connectivity index (χ0v) is 46.2. The van der Waals surface area contributed by atoms with Crippen molar-refractivity contribution in [2.24, 2.45) is 0 Å². The maximum atomic E-state index is 13.1. The largest absolute Gasteiger partial charge is 0.394 e. The van der Waals surface area contributed by atoms with E-state index in [9.17, 15) is 30.3 Å². The Hall–Kier alpha value is -1.85. The van der Waals surface area contributed by atoms with Gasteiger partial charge in [0.1, 0.15) is 24.4 Å². The van der Waals surface area contributed by atoms with Gasteiger partial charge in [0.05, 0.1) is 25.4 Å². The summed E-state index contributed by atoms with van der Waals surface area (Å²) in [4.78, 5) is 13.1. The SMILES string of the molecule is CCCCC/C=C\C/C=C\C/C=C\CCCCCCCCC(=O)NC(COC1OC(CO)C(O)C(O)C1O)C(O)/C=C/CCCCCCCCCCCCCCCCCCCCCCCCCCCCC. The molecule has 0 radical (unpaired) electrons. The highest BCUT2D eigenvalue weighted by atomic mass is 16.7. The summed E-state index contributed by atoms with van der Waals surface area (Å²) in [6.07, 6.45) is 61.8. The number of rotatable bonds is 52. The highest BCUT2D eigenvalue weighted by Crippen LogP contribution is 2.23. The molecular weight excluding hydrogens is 887 g/mol. The van der Waals surface area contributed by atoms with Crippen LogP contribution in [0.2, 0.25) is 0 Å². The predicted molar refractivity (Wildman–Crippen MR) is 299 cm³/mol. The van der Waals surface area contributed by atoms with Gasteiger partial charge < -0.3 is 40.3 Å². The first kappa shape index (κ1) is 67.2. The second-order valence-corrected chi connectivity index (χ2v) is 21.1. The van der Waals surface area contributed by atoms with Crippen molar-refractivity contribution < 1.29 is 39.8 Å². The maximum Gasteiger partial charge on any atom is 0.220 e. The number of nitrogens with one attached hydrogen (secondary N) is 1. The van der Waals surface area contributed by atoms with Crippen molar-refractivity contribution in [2.75, 3.05) is 13.2 Å². The molecule has 7 atom stereocenters. The summed E-state index contributed by atoms with van der Waals surface area (Å²) in [6, 6.07) is -0.814. The maximum absolute atomic E-state index is 13.1. The third kappa shape index (κ3) is 41.1. The minimum absolute atomic E-state index is 0.187. The number of aliphatic hydroxyl groups excluding tert-OH is 5. The molecule has 0 aromatic heterocycles. The Balaban J connectivity index is 2.20. The van der Waals surface area contributed by atoms with Gasteiger partial charge in [0.2, 0.25) is 5.91 Å². The lowest BCUT2D eigenvalue weighted by atomic mass is 9.99. The number of unbranched alkanes of at least 4 members (excludes halogenated alkanes) is 36. The number of allylic oxidation sites excluding steroid dienone is 7. The number of ether oxygens (including phenoxy) is 2. The van der Waals surface area contributed by atoms with Crippen molar-refractivity contribution in [3.05, 3.63) is 48.6 Å². The zero-order chi connectivity index (χ0) is 51.5. The molecule has 0 aromatic rings. The van der Waals surface area contributed by atoms with E-state index in [1.165, 1.54) is 199 Å². The lowest BCUT2D eigenvalue weighted by molar-refractivity contribution is -0.302. The van der Waals surface area contributed by atoms with E-state index in [-0.39, 0.29) is 12.5 Å². The van der Waals surface area contributed by atoms with Crippen LogP contribution in [0.25, 0.3) is 0 Å². The molecule has 1 fully saturated rings. The first-order valence-electron chi connectivity index (χ1n) is 30.4. The number of amides is 1. The fourth-order valence-electron chi connectivity index (χ4n) is 9.58. The zero-order valence-electron chi connectivity index (χ0n) is 46.2. The van der Waals surface area contributed by atoms with Crippen molar-refractivity contribution in [1.82, 2.24) is 5.32 Å². The third-order valence-electron chi connectivity index (χ3n) is 14.4. The van der Waals surface area contributed by atoms with Crippen LogP contribution in [-0.4, -0.2) is 87.5 Å². The minimum atomic E-state index is -1.57. The second kappa shape index (κ2) is 51.6. The van der Waals surface area contributed by atoms with Crippen molar-refractivity contribution in [1.29, 1.82) is 0 Å². The van der Waals surface area contributed by atoms with Gasteiger partial charge in [0.25, 0.3) is 0 Å². The molecule has 0 aliphatic carbocycles. The van der Waals surface area contributed by atoms with Crippen LogP contribution in [0.5, 0.6) is 0 Å². The summed E-state index contributed by atoms with van der Waals surface area (Å²) in [5, 5.41) is 54.6. The van der Waals surface area contributed by atoms with Gasteiger partial charge in [-0.15, -0.1) is 0 Å². The van der Waals surface area contributed by atoms with Crippen molar-refractivity contribution in [3.63, 3.8) is 0 Å². The number of carbonyl (C=O) groups is 1. The second-order valence-electron chi connectivity index (χ2n) is 21.1. The average molecular weight is 1000 g/mol. The van der Waals surface area contributed by atoms with E-state index in [0.29, 0.717) is 6.42 Å². The van der Waals surface area contributed by atoms with Crippen LogP contribution in [-0.2, 0) is 14.3 Å². The Labute approximate surface area is 437 Å². The lowest BCUT2D eigenvalue weighted by Gasteiger charge is -2.40. The van der Waals surface area contributed by atoms with Gasteiger partial charge in [-0.05, 0) is 57.8 Å². The van der Waals surface area contributed by atoms with Crippen LogP contribution >= 0.6 is 0 Å². The monoisotopic (exact) mass is 1000 g/mol. The highest BCUT2D eigenvalue weighted by Gasteiger charge is 2.44. The fourth-order valence-corrected chi connectivity index (χ4v) is 9.58. The molecule has 1 saturated heterocycles. The molecule has 0 aromatic carbocycles. The van der Waals surface area contributed by atoms with E-state index in [1.54, 1.807) is 6.08 Å². The number of hydrogen-bond acceptors (Lipinski definition) is 8. The van der Waals surface area contributed by atoms with Crippen LogP contribution in [0.15, 0.2) is 48.6 Å². The van der Waals surface area contributed by atoms with Crippen LogP contribution < -0.4 is 5.32 Å². The molecule has 0 saturated carbocycles. The summed E-state index contributed by atoms with van der Waals surface area (Å²) in [7, 11) is 0. The molecule has 1 amide bonds. The molecule has 71 heavy (non-hydrogen) atoms. The average Bonchev–Trinajstić information content (AvgIpc) is 3.37. The Morgan fingerprint density at radius 3 is 1.25 bits per heavy atom. The quantitative estimate of drug-likeness (QED) is 0.0261. The Morgan fingerprint density at radius 2 is 0.831 bits per heavy atom.